The Balaban J connectivity index is 1.58. The minimum Gasteiger partial charge on any atom is -0.493 e. The number of carbonyl (C=O) groups excluding carboxylic acids is 1. The van der Waals surface area contributed by atoms with Gasteiger partial charge in [-0.2, -0.15) is 0 Å². The molecule has 1 atom stereocenters. The van der Waals surface area contributed by atoms with E-state index in [1.165, 1.54) is 6.07 Å². The molecule has 1 fully saturated rings. The van der Waals surface area contributed by atoms with Crippen molar-refractivity contribution in [3.63, 3.8) is 0 Å². The summed E-state index contributed by atoms with van der Waals surface area (Å²) in [7, 11) is 5.01. The second kappa shape index (κ2) is 9.47. The van der Waals surface area contributed by atoms with Crippen LogP contribution >= 0.6 is 0 Å². The number of aromatic nitrogens is 1. The van der Waals surface area contributed by atoms with E-state index in [-0.39, 0.29) is 17.5 Å². The molecule has 1 unspecified atom stereocenters. The Morgan fingerprint density at radius 1 is 1.03 bits per heavy atom. The third kappa shape index (κ3) is 4.22. The second-order valence-electron chi connectivity index (χ2n) is 8.35. The Bertz CT molecular complexity index is 1180. The Hall–Kier alpha value is -3.28. The fourth-order valence-corrected chi connectivity index (χ4v) is 4.68. The number of para-hydroxylation sites is 1. The van der Waals surface area contributed by atoms with Gasteiger partial charge in [0.05, 0.1) is 25.3 Å². The molecule has 3 aromatic rings. The number of fused-ring (bicyclic) bond motifs is 1. The summed E-state index contributed by atoms with van der Waals surface area (Å²) in [6, 6.07) is 15.2. The van der Waals surface area contributed by atoms with Crippen LogP contribution < -0.4 is 15.0 Å². The molecule has 0 aliphatic carbocycles. The van der Waals surface area contributed by atoms with Crippen LogP contribution in [0, 0.1) is 0 Å². The van der Waals surface area contributed by atoms with Crippen LogP contribution in [-0.2, 0) is 13.5 Å². The van der Waals surface area contributed by atoms with Crippen molar-refractivity contribution in [2.24, 2.45) is 7.05 Å². The molecule has 0 saturated carbocycles. The highest BCUT2D eigenvalue weighted by atomic mass is 16.5. The predicted octanol–water partition coefficient (Wildman–Crippen LogP) is 4.18. The number of amides is 1. The smallest absolute Gasteiger partial charge is 0.254 e. The Morgan fingerprint density at radius 2 is 1.81 bits per heavy atom. The molecule has 6 heteroatoms. The third-order valence-corrected chi connectivity index (χ3v) is 6.49. The molecule has 1 aromatic heterocycles. The average molecular weight is 435 g/mol. The summed E-state index contributed by atoms with van der Waals surface area (Å²) in [5, 5.41) is 0.823. The summed E-state index contributed by atoms with van der Waals surface area (Å²) in [6.45, 7) is 0.721. The highest BCUT2D eigenvalue weighted by Crippen LogP contribution is 2.30. The highest BCUT2D eigenvalue weighted by Gasteiger charge is 2.28. The third-order valence-electron chi connectivity index (χ3n) is 6.49. The van der Waals surface area contributed by atoms with Crippen molar-refractivity contribution < 1.29 is 14.3 Å². The normalized spacial score (nSPS) is 16.2. The first-order valence-corrected chi connectivity index (χ1v) is 11.1. The van der Waals surface area contributed by atoms with Crippen molar-refractivity contribution >= 4 is 16.8 Å². The number of hydrogen-bond donors (Lipinski definition) is 0. The molecule has 168 valence electrons. The van der Waals surface area contributed by atoms with Crippen molar-refractivity contribution in [3.8, 4) is 11.5 Å². The van der Waals surface area contributed by atoms with Crippen LogP contribution in [0.5, 0.6) is 11.5 Å². The number of likely N-dealkylation sites (tertiary alicyclic amines) is 1. The number of nitrogens with zero attached hydrogens (tertiary/aromatic N) is 2. The van der Waals surface area contributed by atoms with E-state index >= 15 is 0 Å². The Morgan fingerprint density at radius 3 is 2.59 bits per heavy atom. The standard InChI is InChI=1S/C26H30N2O4/c1-27-22-10-5-4-9-20(22)21(17-25(27)29)26(30)28-15-7-6-8-19(28)13-11-18-12-14-23(31-2)24(16-18)32-3/h4-5,9-10,12,14,16-17,19H,6-8,11,13,15H2,1-3H3. The number of benzene rings is 2. The van der Waals surface area contributed by atoms with Crippen molar-refractivity contribution in [1.29, 1.82) is 0 Å². The number of pyridine rings is 1. The van der Waals surface area contributed by atoms with Crippen LogP contribution in [0.4, 0.5) is 0 Å². The lowest BCUT2D eigenvalue weighted by Gasteiger charge is -2.36. The van der Waals surface area contributed by atoms with E-state index in [1.807, 2.05) is 47.4 Å². The SMILES string of the molecule is COc1ccc(CCC2CCCCN2C(=O)c2cc(=O)n(C)c3ccccc23)cc1OC. The molecule has 1 amide bonds. The van der Waals surface area contributed by atoms with Gasteiger partial charge in [-0.1, -0.05) is 24.3 Å². The maximum absolute atomic E-state index is 13.6. The maximum atomic E-state index is 13.6. The quantitative estimate of drug-likeness (QED) is 0.584. The fraction of sp³-hybridized carbons (Fsp3) is 0.385. The minimum absolute atomic E-state index is 0.0455. The van der Waals surface area contributed by atoms with Crippen LogP contribution in [0.25, 0.3) is 10.9 Å². The lowest BCUT2D eigenvalue weighted by Crippen LogP contribution is -2.44. The van der Waals surface area contributed by atoms with Gasteiger partial charge in [0.25, 0.3) is 11.5 Å². The number of ether oxygens (including phenoxy) is 2. The molecule has 1 aliphatic heterocycles. The molecule has 0 bridgehead atoms. The van der Waals surface area contributed by atoms with Gasteiger partial charge in [0.1, 0.15) is 0 Å². The minimum atomic E-state index is -0.161. The van der Waals surface area contributed by atoms with Gasteiger partial charge >= 0.3 is 0 Å². The van der Waals surface area contributed by atoms with Gasteiger partial charge in [0, 0.05) is 31.1 Å². The molecule has 0 N–H and O–H groups in total. The van der Waals surface area contributed by atoms with Gasteiger partial charge in [-0.3, -0.25) is 9.59 Å². The molecule has 2 heterocycles. The Labute approximate surface area is 188 Å². The zero-order valence-corrected chi connectivity index (χ0v) is 19.0. The lowest BCUT2D eigenvalue weighted by molar-refractivity contribution is 0.0603. The van der Waals surface area contributed by atoms with Crippen molar-refractivity contribution in [2.45, 2.75) is 38.1 Å². The van der Waals surface area contributed by atoms with Crippen LogP contribution in [0.1, 0.15) is 41.6 Å². The number of rotatable bonds is 6. The lowest BCUT2D eigenvalue weighted by atomic mass is 9.94. The molecular weight excluding hydrogens is 404 g/mol. The zero-order valence-electron chi connectivity index (χ0n) is 19.0. The van der Waals surface area contributed by atoms with E-state index in [0.717, 1.165) is 55.1 Å². The van der Waals surface area contributed by atoms with Crippen molar-refractivity contribution in [1.82, 2.24) is 9.47 Å². The first-order chi connectivity index (χ1) is 15.5. The molecule has 4 rings (SSSR count). The fourth-order valence-electron chi connectivity index (χ4n) is 4.68. The monoisotopic (exact) mass is 434 g/mol. The van der Waals surface area contributed by atoms with Gasteiger partial charge < -0.3 is 18.9 Å². The number of aryl methyl sites for hydroxylation is 2. The molecule has 1 aliphatic rings. The number of carbonyl (C=O) groups is 1. The summed E-state index contributed by atoms with van der Waals surface area (Å²) in [5.41, 5.74) is 2.27. The molecule has 0 radical (unpaired) electrons. The highest BCUT2D eigenvalue weighted by molar-refractivity contribution is 6.06. The van der Waals surface area contributed by atoms with Gasteiger partial charge in [-0.15, -0.1) is 0 Å². The molecule has 1 saturated heterocycles. The first kappa shape index (κ1) is 21.9. The number of methoxy groups -OCH3 is 2. The number of piperidine rings is 1. The van der Waals surface area contributed by atoms with Gasteiger partial charge in [-0.25, -0.2) is 0 Å². The summed E-state index contributed by atoms with van der Waals surface area (Å²) >= 11 is 0. The summed E-state index contributed by atoms with van der Waals surface area (Å²) in [5.74, 6) is 1.38. The van der Waals surface area contributed by atoms with E-state index in [0.29, 0.717) is 17.1 Å². The summed E-state index contributed by atoms with van der Waals surface area (Å²) < 4.78 is 12.4. The van der Waals surface area contributed by atoms with E-state index in [9.17, 15) is 9.59 Å². The van der Waals surface area contributed by atoms with Crippen LogP contribution in [-0.4, -0.2) is 42.2 Å². The number of hydrogen-bond acceptors (Lipinski definition) is 4. The van der Waals surface area contributed by atoms with Crippen LogP contribution in [0.3, 0.4) is 0 Å². The van der Waals surface area contributed by atoms with Gasteiger partial charge in [0.15, 0.2) is 11.5 Å². The molecule has 6 nitrogen and oxygen atoms in total. The molecular formula is C26H30N2O4. The first-order valence-electron chi connectivity index (χ1n) is 11.1. The topological polar surface area (TPSA) is 60.8 Å². The van der Waals surface area contributed by atoms with E-state index in [2.05, 4.69) is 0 Å². The van der Waals surface area contributed by atoms with E-state index in [1.54, 1.807) is 25.8 Å². The summed E-state index contributed by atoms with van der Waals surface area (Å²) in [4.78, 5) is 28.1. The molecule has 2 aromatic carbocycles. The van der Waals surface area contributed by atoms with Gasteiger partial charge in [-0.05, 0) is 55.9 Å². The molecule has 0 spiro atoms. The largest absolute Gasteiger partial charge is 0.493 e. The second-order valence-corrected chi connectivity index (χ2v) is 8.35. The molecule has 32 heavy (non-hydrogen) atoms. The van der Waals surface area contributed by atoms with Crippen LogP contribution in [0.15, 0.2) is 53.3 Å². The van der Waals surface area contributed by atoms with E-state index in [4.69, 9.17) is 9.47 Å². The van der Waals surface area contributed by atoms with E-state index < -0.39 is 0 Å². The van der Waals surface area contributed by atoms with Crippen molar-refractivity contribution in [3.05, 3.63) is 70.0 Å². The average Bonchev–Trinajstić information content (AvgIpc) is 2.84. The van der Waals surface area contributed by atoms with Crippen molar-refractivity contribution in [2.75, 3.05) is 20.8 Å². The zero-order chi connectivity index (χ0) is 22.7. The summed E-state index contributed by atoms with van der Waals surface area (Å²) in [6.07, 6.45) is 4.77. The van der Waals surface area contributed by atoms with Gasteiger partial charge in [0.2, 0.25) is 0 Å². The maximum Gasteiger partial charge on any atom is 0.254 e. The Kier molecular flexibility index (Phi) is 6.49. The predicted molar refractivity (Wildman–Crippen MR) is 126 cm³/mol. The van der Waals surface area contributed by atoms with Crippen LogP contribution in [0.2, 0.25) is 0 Å².